The van der Waals surface area contributed by atoms with Gasteiger partial charge in [-0.15, -0.1) is 24.8 Å². The zero-order valence-electron chi connectivity index (χ0n) is 9.02. The number of aliphatic hydroxyl groups is 1. The monoisotopic (exact) mass is 256 g/mol. The van der Waals surface area contributed by atoms with Crippen LogP contribution in [0.5, 0.6) is 0 Å². The van der Waals surface area contributed by atoms with Crippen LogP contribution in [0, 0.1) is 0 Å². The zero-order chi connectivity index (χ0) is 9.10. The van der Waals surface area contributed by atoms with Gasteiger partial charge in [-0.2, -0.15) is 0 Å². The number of halogens is 2. The fraction of sp³-hybridized carbons (Fsp3) is 1.00. The Balaban J connectivity index is 0.000000980. The van der Waals surface area contributed by atoms with Gasteiger partial charge in [0.1, 0.15) is 0 Å². The van der Waals surface area contributed by atoms with Crippen molar-refractivity contribution in [2.75, 3.05) is 26.2 Å². The van der Waals surface area contributed by atoms with Gasteiger partial charge < -0.3 is 10.4 Å². The summed E-state index contributed by atoms with van der Waals surface area (Å²) in [5.41, 5.74) is 0. The molecule has 0 bridgehead atoms. The Morgan fingerprint density at radius 2 is 1.73 bits per heavy atom. The van der Waals surface area contributed by atoms with E-state index in [1.54, 1.807) is 0 Å². The average molecular weight is 257 g/mol. The van der Waals surface area contributed by atoms with E-state index in [0.29, 0.717) is 0 Å². The summed E-state index contributed by atoms with van der Waals surface area (Å²) in [7, 11) is 0. The number of nitrogens with zero attached hydrogens (tertiary/aromatic N) is 1. The zero-order valence-corrected chi connectivity index (χ0v) is 10.7. The van der Waals surface area contributed by atoms with E-state index in [0.717, 1.165) is 32.1 Å². The second-order valence-corrected chi connectivity index (χ2v) is 4.27. The molecule has 0 radical (unpaired) electrons. The maximum Gasteiger partial charge on any atom is 0.0667 e. The number of hydrogen-bond acceptors (Lipinski definition) is 3. The molecule has 0 aromatic heterocycles. The maximum absolute atomic E-state index is 9.55. The molecule has 3 nitrogen and oxygen atoms in total. The van der Waals surface area contributed by atoms with E-state index in [1.165, 1.54) is 25.8 Å². The molecule has 2 aliphatic rings. The van der Waals surface area contributed by atoms with Gasteiger partial charge in [-0.25, -0.2) is 0 Å². The van der Waals surface area contributed by atoms with Crippen molar-refractivity contribution in [1.82, 2.24) is 10.2 Å². The molecule has 0 aromatic rings. The SMILES string of the molecule is Cl.Cl.OC1CCCN(C2CCNCC2)C1. The number of rotatable bonds is 1. The second kappa shape index (κ2) is 7.69. The highest BCUT2D eigenvalue weighted by atomic mass is 35.5. The van der Waals surface area contributed by atoms with Crippen molar-refractivity contribution in [2.24, 2.45) is 0 Å². The fourth-order valence-electron chi connectivity index (χ4n) is 2.49. The summed E-state index contributed by atoms with van der Waals surface area (Å²) in [4.78, 5) is 2.48. The number of hydrogen-bond donors (Lipinski definition) is 2. The molecule has 0 aromatic carbocycles. The predicted octanol–water partition coefficient (Wildman–Crippen LogP) is 1.04. The summed E-state index contributed by atoms with van der Waals surface area (Å²) in [6, 6.07) is 0.733. The second-order valence-electron chi connectivity index (χ2n) is 4.27. The largest absolute Gasteiger partial charge is 0.392 e. The molecule has 0 spiro atoms. The normalized spacial score (nSPS) is 29.0. The number of piperidine rings is 2. The lowest BCUT2D eigenvalue weighted by Gasteiger charge is -2.38. The van der Waals surface area contributed by atoms with Crippen molar-refractivity contribution in [3.8, 4) is 0 Å². The Kier molecular flexibility index (Phi) is 7.92. The van der Waals surface area contributed by atoms with Gasteiger partial charge in [-0.3, -0.25) is 4.90 Å². The Morgan fingerprint density at radius 1 is 1.07 bits per heavy atom. The molecule has 92 valence electrons. The highest BCUT2D eigenvalue weighted by molar-refractivity contribution is 5.85. The minimum absolute atomic E-state index is 0. The number of nitrogens with one attached hydrogen (secondary N) is 1. The molecule has 0 amide bonds. The van der Waals surface area contributed by atoms with Crippen molar-refractivity contribution >= 4 is 24.8 Å². The molecule has 2 aliphatic heterocycles. The van der Waals surface area contributed by atoms with E-state index in [-0.39, 0.29) is 30.9 Å². The third kappa shape index (κ3) is 4.45. The molecule has 2 heterocycles. The Hall–Kier alpha value is 0.460. The van der Waals surface area contributed by atoms with E-state index in [2.05, 4.69) is 10.2 Å². The van der Waals surface area contributed by atoms with Crippen LogP contribution in [0.3, 0.4) is 0 Å². The molecule has 0 aliphatic carbocycles. The molecule has 5 heteroatoms. The first-order chi connectivity index (χ1) is 6.36. The van der Waals surface area contributed by atoms with Crippen molar-refractivity contribution < 1.29 is 5.11 Å². The van der Waals surface area contributed by atoms with E-state index < -0.39 is 0 Å². The minimum atomic E-state index is -0.0661. The topological polar surface area (TPSA) is 35.5 Å². The molecule has 1 atom stereocenters. The molecular formula is C10H22Cl2N2O. The van der Waals surface area contributed by atoms with Gasteiger partial charge in [0.05, 0.1) is 6.10 Å². The number of β-amino-alcohol motifs (C(OH)–C–C–N with tert-alkyl or cyclic N) is 1. The van der Waals surface area contributed by atoms with Crippen molar-refractivity contribution in [2.45, 2.75) is 37.8 Å². The van der Waals surface area contributed by atoms with Gasteiger partial charge in [-0.05, 0) is 45.3 Å². The summed E-state index contributed by atoms with van der Waals surface area (Å²) < 4.78 is 0. The summed E-state index contributed by atoms with van der Waals surface area (Å²) in [5.74, 6) is 0. The van der Waals surface area contributed by atoms with Crippen LogP contribution < -0.4 is 5.32 Å². The minimum Gasteiger partial charge on any atom is -0.392 e. The third-order valence-electron chi connectivity index (χ3n) is 3.25. The summed E-state index contributed by atoms with van der Waals surface area (Å²) in [5, 5.41) is 12.9. The van der Waals surface area contributed by atoms with Crippen LogP contribution in [0.2, 0.25) is 0 Å². The Morgan fingerprint density at radius 3 is 2.33 bits per heavy atom. The van der Waals surface area contributed by atoms with Gasteiger partial charge >= 0.3 is 0 Å². The summed E-state index contributed by atoms with van der Waals surface area (Å²) in [6.07, 6.45) is 4.62. The van der Waals surface area contributed by atoms with E-state index in [1.807, 2.05) is 0 Å². The molecule has 1 unspecified atom stereocenters. The quantitative estimate of drug-likeness (QED) is 0.736. The van der Waals surface area contributed by atoms with Gasteiger partial charge in [0.25, 0.3) is 0 Å². The standard InChI is InChI=1S/C10H20N2O.2ClH/c13-10-2-1-7-12(8-10)9-3-5-11-6-4-9;;/h9-11,13H,1-8H2;2*1H. The van der Waals surface area contributed by atoms with Crippen LogP contribution in [0.25, 0.3) is 0 Å². The molecule has 2 fully saturated rings. The molecule has 2 rings (SSSR count). The lowest BCUT2D eigenvalue weighted by atomic mass is 10.00. The molecule has 2 N–H and O–H groups in total. The van der Waals surface area contributed by atoms with Crippen LogP contribution in [-0.2, 0) is 0 Å². The Bertz CT molecular complexity index is 166. The summed E-state index contributed by atoms with van der Waals surface area (Å²) >= 11 is 0. The lowest BCUT2D eigenvalue weighted by Crippen LogP contribution is -2.48. The Labute approximate surface area is 104 Å². The predicted molar refractivity (Wildman–Crippen MR) is 67.2 cm³/mol. The van der Waals surface area contributed by atoms with E-state index in [9.17, 15) is 5.11 Å². The van der Waals surface area contributed by atoms with E-state index >= 15 is 0 Å². The fourth-order valence-corrected chi connectivity index (χ4v) is 2.49. The first kappa shape index (κ1) is 15.5. The van der Waals surface area contributed by atoms with E-state index in [4.69, 9.17) is 0 Å². The van der Waals surface area contributed by atoms with Crippen molar-refractivity contribution in [3.05, 3.63) is 0 Å². The third-order valence-corrected chi connectivity index (χ3v) is 3.25. The first-order valence-electron chi connectivity index (χ1n) is 5.49. The average Bonchev–Trinajstić information content (AvgIpc) is 2.19. The smallest absolute Gasteiger partial charge is 0.0667 e. The van der Waals surface area contributed by atoms with Crippen LogP contribution in [0.4, 0.5) is 0 Å². The van der Waals surface area contributed by atoms with Gasteiger partial charge in [0.2, 0.25) is 0 Å². The van der Waals surface area contributed by atoms with Crippen LogP contribution in [0.1, 0.15) is 25.7 Å². The lowest BCUT2D eigenvalue weighted by molar-refractivity contribution is 0.0381. The molecule has 0 saturated carbocycles. The molecule has 2 saturated heterocycles. The van der Waals surface area contributed by atoms with Crippen molar-refractivity contribution in [1.29, 1.82) is 0 Å². The number of aliphatic hydroxyl groups excluding tert-OH is 1. The van der Waals surface area contributed by atoms with Gasteiger partial charge in [0.15, 0.2) is 0 Å². The van der Waals surface area contributed by atoms with Crippen molar-refractivity contribution in [3.63, 3.8) is 0 Å². The number of likely N-dealkylation sites (tertiary alicyclic amines) is 1. The highest BCUT2D eigenvalue weighted by Gasteiger charge is 2.25. The molecule has 15 heavy (non-hydrogen) atoms. The van der Waals surface area contributed by atoms with Crippen LogP contribution in [0.15, 0.2) is 0 Å². The van der Waals surface area contributed by atoms with Gasteiger partial charge in [0, 0.05) is 12.6 Å². The molecular weight excluding hydrogens is 235 g/mol. The first-order valence-corrected chi connectivity index (χ1v) is 5.49. The summed E-state index contributed by atoms with van der Waals surface area (Å²) in [6.45, 7) is 4.40. The highest BCUT2D eigenvalue weighted by Crippen LogP contribution is 2.18. The van der Waals surface area contributed by atoms with Gasteiger partial charge in [-0.1, -0.05) is 0 Å². The van der Waals surface area contributed by atoms with Crippen LogP contribution in [-0.4, -0.2) is 48.3 Å². The maximum atomic E-state index is 9.55. The van der Waals surface area contributed by atoms with Crippen LogP contribution >= 0.6 is 24.8 Å².